The van der Waals surface area contributed by atoms with Crippen LogP contribution in [0.1, 0.15) is 47.8 Å². The Morgan fingerprint density at radius 3 is 2.77 bits per heavy atom. The van der Waals surface area contributed by atoms with Crippen molar-refractivity contribution < 1.29 is 4.79 Å². The molecule has 0 spiro atoms. The summed E-state index contributed by atoms with van der Waals surface area (Å²) in [4.78, 5) is 12.5. The zero-order valence-corrected chi connectivity index (χ0v) is 13.4. The smallest absolute Gasteiger partial charge is 0.270 e. The van der Waals surface area contributed by atoms with Crippen molar-refractivity contribution in [2.24, 2.45) is 13.0 Å². The molecule has 0 aliphatic heterocycles. The minimum atomic E-state index is -0.0862. The molecule has 3 rings (SSSR count). The van der Waals surface area contributed by atoms with Gasteiger partial charge in [0, 0.05) is 18.3 Å². The first kappa shape index (κ1) is 15.1. The summed E-state index contributed by atoms with van der Waals surface area (Å²) in [5, 5.41) is 7.96. The monoisotopic (exact) mass is 317 g/mol. The van der Waals surface area contributed by atoms with E-state index in [-0.39, 0.29) is 11.9 Å². The molecule has 1 fully saturated rings. The molecule has 2 aromatic rings. The Hall–Kier alpha value is -1.81. The van der Waals surface area contributed by atoms with Gasteiger partial charge in [-0.3, -0.25) is 9.48 Å². The third-order valence-corrected chi connectivity index (χ3v) is 4.65. The lowest BCUT2D eigenvalue weighted by Crippen LogP contribution is -2.33. The molecule has 0 bridgehead atoms. The van der Waals surface area contributed by atoms with Gasteiger partial charge in [-0.05, 0) is 42.5 Å². The number of nitrogens with one attached hydrogen (secondary N) is 1. The fourth-order valence-electron chi connectivity index (χ4n) is 3.28. The van der Waals surface area contributed by atoms with Gasteiger partial charge in [-0.25, -0.2) is 0 Å². The quantitative estimate of drug-likeness (QED) is 0.934. The third-order valence-electron chi connectivity index (χ3n) is 4.42. The van der Waals surface area contributed by atoms with Crippen LogP contribution in [-0.4, -0.2) is 15.7 Å². The van der Waals surface area contributed by atoms with Gasteiger partial charge in [0.15, 0.2) is 0 Å². The minimum Gasteiger partial charge on any atom is -0.344 e. The van der Waals surface area contributed by atoms with Crippen LogP contribution < -0.4 is 5.32 Å². The van der Waals surface area contributed by atoms with Crippen molar-refractivity contribution in [2.45, 2.75) is 31.7 Å². The maximum Gasteiger partial charge on any atom is 0.270 e. The van der Waals surface area contributed by atoms with Crippen molar-refractivity contribution in [3.63, 3.8) is 0 Å². The van der Waals surface area contributed by atoms with Crippen LogP contribution in [0.4, 0.5) is 0 Å². The molecule has 1 aliphatic rings. The second-order valence-electron chi connectivity index (χ2n) is 5.89. The van der Waals surface area contributed by atoms with E-state index in [2.05, 4.69) is 10.4 Å². The molecule has 1 heterocycles. The van der Waals surface area contributed by atoms with E-state index in [9.17, 15) is 4.79 Å². The Balaban J connectivity index is 1.85. The number of benzene rings is 1. The number of rotatable bonds is 4. The number of aromatic nitrogens is 2. The fraction of sp³-hybridized carbons (Fsp3) is 0.412. The van der Waals surface area contributed by atoms with Gasteiger partial charge in [0.1, 0.15) is 5.69 Å². The third kappa shape index (κ3) is 3.17. The molecule has 0 saturated heterocycles. The van der Waals surface area contributed by atoms with Crippen LogP contribution in [0.25, 0.3) is 0 Å². The maximum atomic E-state index is 12.5. The van der Waals surface area contributed by atoms with Crippen molar-refractivity contribution in [1.29, 1.82) is 0 Å². The minimum absolute atomic E-state index is 0.00333. The summed E-state index contributed by atoms with van der Waals surface area (Å²) in [6, 6.07) is 9.53. The largest absolute Gasteiger partial charge is 0.344 e. The van der Waals surface area contributed by atoms with Crippen LogP contribution in [0.3, 0.4) is 0 Å². The Kier molecular flexibility index (Phi) is 4.48. The number of carbonyl (C=O) groups excluding carboxylic acids is 1. The second-order valence-corrected chi connectivity index (χ2v) is 6.33. The van der Waals surface area contributed by atoms with Gasteiger partial charge in [-0.15, -0.1) is 0 Å². The van der Waals surface area contributed by atoms with Gasteiger partial charge in [-0.1, -0.05) is 36.6 Å². The number of carbonyl (C=O) groups is 1. The Morgan fingerprint density at radius 2 is 2.14 bits per heavy atom. The lowest BCUT2D eigenvalue weighted by Gasteiger charge is -2.25. The first-order valence-corrected chi connectivity index (χ1v) is 8.07. The van der Waals surface area contributed by atoms with E-state index in [1.807, 2.05) is 24.3 Å². The second kappa shape index (κ2) is 6.53. The number of hydrogen-bond acceptors (Lipinski definition) is 2. The van der Waals surface area contributed by atoms with E-state index in [1.54, 1.807) is 24.0 Å². The summed E-state index contributed by atoms with van der Waals surface area (Å²) < 4.78 is 1.60. The van der Waals surface area contributed by atoms with E-state index in [4.69, 9.17) is 11.6 Å². The Bertz CT molecular complexity index is 661. The van der Waals surface area contributed by atoms with Crippen LogP contribution in [-0.2, 0) is 7.05 Å². The summed E-state index contributed by atoms with van der Waals surface area (Å²) in [6.45, 7) is 0. The number of halogens is 1. The molecule has 116 valence electrons. The highest BCUT2D eigenvalue weighted by Crippen LogP contribution is 2.36. The van der Waals surface area contributed by atoms with Gasteiger partial charge in [0.25, 0.3) is 5.91 Å². The molecule has 1 unspecified atom stereocenters. The van der Waals surface area contributed by atoms with Crippen LogP contribution in [0, 0.1) is 5.92 Å². The zero-order chi connectivity index (χ0) is 15.5. The van der Waals surface area contributed by atoms with Gasteiger partial charge < -0.3 is 5.32 Å². The normalized spacial score (nSPS) is 16.6. The number of aryl methyl sites for hydroxylation is 1. The standard InChI is InChI=1S/C17H20ClN3O/c1-21-15(9-10-19-21)17(22)20-16(12-5-2-3-6-12)13-7-4-8-14(18)11-13/h4,7-12,16H,2-3,5-6H2,1H3,(H,20,22). The van der Waals surface area contributed by atoms with Crippen molar-refractivity contribution in [3.05, 3.63) is 52.8 Å². The zero-order valence-electron chi connectivity index (χ0n) is 12.6. The number of amides is 1. The van der Waals surface area contributed by atoms with Crippen molar-refractivity contribution in [2.75, 3.05) is 0 Å². The Morgan fingerprint density at radius 1 is 1.36 bits per heavy atom. The molecular formula is C17H20ClN3O. The highest BCUT2D eigenvalue weighted by atomic mass is 35.5. The highest BCUT2D eigenvalue weighted by Gasteiger charge is 2.28. The topological polar surface area (TPSA) is 46.9 Å². The molecular weight excluding hydrogens is 298 g/mol. The molecule has 0 radical (unpaired) electrons. The average molecular weight is 318 g/mol. The number of nitrogens with zero attached hydrogens (tertiary/aromatic N) is 2. The molecule has 1 N–H and O–H groups in total. The fourth-order valence-corrected chi connectivity index (χ4v) is 3.47. The lowest BCUT2D eigenvalue weighted by atomic mass is 9.91. The lowest BCUT2D eigenvalue weighted by molar-refractivity contribution is 0.0912. The molecule has 4 nitrogen and oxygen atoms in total. The summed E-state index contributed by atoms with van der Waals surface area (Å²) in [5.41, 5.74) is 1.65. The highest BCUT2D eigenvalue weighted by molar-refractivity contribution is 6.30. The molecule has 1 saturated carbocycles. The molecule has 22 heavy (non-hydrogen) atoms. The molecule has 1 aromatic carbocycles. The van der Waals surface area contributed by atoms with Crippen molar-refractivity contribution in [1.82, 2.24) is 15.1 Å². The van der Waals surface area contributed by atoms with Crippen LogP contribution in [0.15, 0.2) is 36.5 Å². The van der Waals surface area contributed by atoms with Crippen LogP contribution >= 0.6 is 11.6 Å². The summed E-state index contributed by atoms with van der Waals surface area (Å²) in [6.07, 6.45) is 6.37. The van der Waals surface area contributed by atoms with E-state index in [0.29, 0.717) is 16.6 Å². The summed E-state index contributed by atoms with van der Waals surface area (Å²) in [7, 11) is 1.78. The molecule has 5 heteroatoms. The molecule has 1 aromatic heterocycles. The molecule has 1 amide bonds. The van der Waals surface area contributed by atoms with Crippen molar-refractivity contribution in [3.8, 4) is 0 Å². The predicted molar refractivity (Wildman–Crippen MR) is 86.8 cm³/mol. The Labute approximate surface area is 135 Å². The van der Waals surface area contributed by atoms with E-state index in [0.717, 1.165) is 18.4 Å². The van der Waals surface area contributed by atoms with E-state index >= 15 is 0 Å². The van der Waals surface area contributed by atoms with Gasteiger partial charge in [0.05, 0.1) is 6.04 Å². The first-order valence-electron chi connectivity index (χ1n) is 7.69. The van der Waals surface area contributed by atoms with Crippen LogP contribution in [0.2, 0.25) is 5.02 Å². The number of hydrogen-bond donors (Lipinski definition) is 1. The maximum absolute atomic E-state index is 12.5. The SMILES string of the molecule is Cn1nccc1C(=O)NC(c1cccc(Cl)c1)C1CCCC1. The summed E-state index contributed by atoms with van der Waals surface area (Å²) in [5.74, 6) is 0.382. The molecule has 1 atom stereocenters. The van der Waals surface area contributed by atoms with Gasteiger partial charge in [0.2, 0.25) is 0 Å². The summed E-state index contributed by atoms with van der Waals surface area (Å²) >= 11 is 6.13. The van der Waals surface area contributed by atoms with Crippen LogP contribution in [0.5, 0.6) is 0 Å². The molecule has 1 aliphatic carbocycles. The average Bonchev–Trinajstić information content (AvgIpc) is 3.16. The first-order chi connectivity index (χ1) is 10.6. The van der Waals surface area contributed by atoms with E-state index in [1.165, 1.54) is 12.8 Å². The van der Waals surface area contributed by atoms with Crippen molar-refractivity contribution >= 4 is 17.5 Å². The van der Waals surface area contributed by atoms with Gasteiger partial charge in [-0.2, -0.15) is 5.10 Å². The van der Waals surface area contributed by atoms with E-state index < -0.39 is 0 Å². The predicted octanol–water partition coefficient (Wildman–Crippen LogP) is 3.73. The van der Waals surface area contributed by atoms with Gasteiger partial charge >= 0.3 is 0 Å².